The molecular weight excluding hydrogens is 242 g/mol. The van der Waals surface area contributed by atoms with Gasteiger partial charge < -0.3 is 19.9 Å². The van der Waals surface area contributed by atoms with E-state index in [1.54, 1.807) is 7.11 Å². The van der Waals surface area contributed by atoms with Crippen molar-refractivity contribution < 1.29 is 14.2 Å². The Morgan fingerprint density at radius 3 is 2.84 bits per heavy atom. The summed E-state index contributed by atoms with van der Waals surface area (Å²) in [5.41, 5.74) is 7.23. The number of hydrogen-bond donors (Lipinski definition) is 1. The van der Waals surface area contributed by atoms with Crippen molar-refractivity contribution in [2.24, 2.45) is 5.73 Å². The minimum Gasteiger partial charge on any atom is -0.497 e. The highest BCUT2D eigenvalue weighted by atomic mass is 16.5. The standard InChI is InChI=1S/C15H21NO3/c1-3-18-11-7-15(8-11)9-13(16)12-5-4-10(17-2)6-14(12)19-15/h4-6,11,13H,3,7-9,16H2,1-2H3/t11?,13-,15?/m1/s1. The number of rotatable bonds is 3. The van der Waals surface area contributed by atoms with Gasteiger partial charge in [-0.05, 0) is 13.0 Å². The van der Waals surface area contributed by atoms with Crippen LogP contribution in [0.5, 0.6) is 11.5 Å². The van der Waals surface area contributed by atoms with Crippen LogP contribution in [0.3, 0.4) is 0 Å². The summed E-state index contributed by atoms with van der Waals surface area (Å²) in [7, 11) is 1.66. The van der Waals surface area contributed by atoms with Gasteiger partial charge in [-0.2, -0.15) is 0 Å². The van der Waals surface area contributed by atoms with Gasteiger partial charge in [-0.25, -0.2) is 0 Å². The molecule has 19 heavy (non-hydrogen) atoms. The van der Waals surface area contributed by atoms with E-state index in [2.05, 4.69) is 0 Å². The quantitative estimate of drug-likeness (QED) is 0.910. The van der Waals surface area contributed by atoms with Crippen molar-refractivity contribution in [1.82, 2.24) is 0 Å². The van der Waals surface area contributed by atoms with E-state index >= 15 is 0 Å². The highest BCUT2D eigenvalue weighted by Gasteiger charge is 2.50. The van der Waals surface area contributed by atoms with Crippen molar-refractivity contribution >= 4 is 0 Å². The first-order valence-electron chi connectivity index (χ1n) is 6.90. The lowest BCUT2D eigenvalue weighted by molar-refractivity contribution is -0.134. The molecule has 1 saturated carbocycles. The van der Waals surface area contributed by atoms with Gasteiger partial charge in [-0.3, -0.25) is 0 Å². The van der Waals surface area contributed by atoms with Gasteiger partial charge in [-0.15, -0.1) is 0 Å². The van der Waals surface area contributed by atoms with E-state index in [4.69, 9.17) is 19.9 Å². The first kappa shape index (κ1) is 12.8. The van der Waals surface area contributed by atoms with Crippen molar-refractivity contribution in [3.05, 3.63) is 23.8 Å². The number of benzene rings is 1. The summed E-state index contributed by atoms with van der Waals surface area (Å²) in [6.45, 7) is 2.79. The fraction of sp³-hybridized carbons (Fsp3) is 0.600. The third-order valence-electron chi connectivity index (χ3n) is 4.14. The van der Waals surface area contributed by atoms with Crippen molar-refractivity contribution in [2.75, 3.05) is 13.7 Å². The second-order valence-corrected chi connectivity index (χ2v) is 5.49. The van der Waals surface area contributed by atoms with E-state index in [0.717, 1.165) is 42.9 Å². The fourth-order valence-electron chi connectivity index (χ4n) is 3.20. The molecular formula is C15H21NO3. The Morgan fingerprint density at radius 1 is 1.37 bits per heavy atom. The highest BCUT2D eigenvalue weighted by Crippen LogP contribution is 2.49. The molecule has 2 N–H and O–H groups in total. The van der Waals surface area contributed by atoms with E-state index in [1.165, 1.54) is 0 Å². The molecule has 1 atom stereocenters. The van der Waals surface area contributed by atoms with E-state index in [9.17, 15) is 0 Å². The van der Waals surface area contributed by atoms with E-state index in [-0.39, 0.29) is 11.6 Å². The monoisotopic (exact) mass is 263 g/mol. The molecule has 0 unspecified atom stereocenters. The lowest BCUT2D eigenvalue weighted by Gasteiger charge is -2.50. The fourth-order valence-corrected chi connectivity index (χ4v) is 3.20. The Kier molecular flexibility index (Phi) is 3.15. The molecule has 4 heteroatoms. The van der Waals surface area contributed by atoms with Gasteiger partial charge >= 0.3 is 0 Å². The molecule has 0 aromatic heterocycles. The van der Waals surface area contributed by atoms with Crippen LogP contribution in [0.2, 0.25) is 0 Å². The first-order valence-corrected chi connectivity index (χ1v) is 6.90. The molecule has 104 valence electrons. The molecule has 0 amide bonds. The molecule has 1 aliphatic carbocycles. The second kappa shape index (κ2) is 4.69. The third-order valence-corrected chi connectivity index (χ3v) is 4.14. The Morgan fingerprint density at radius 2 is 2.16 bits per heavy atom. The zero-order chi connectivity index (χ0) is 13.5. The molecule has 4 nitrogen and oxygen atoms in total. The lowest BCUT2D eigenvalue weighted by atomic mass is 9.71. The van der Waals surface area contributed by atoms with E-state index < -0.39 is 0 Å². The summed E-state index contributed by atoms with van der Waals surface area (Å²) in [5, 5.41) is 0. The van der Waals surface area contributed by atoms with Crippen LogP contribution >= 0.6 is 0 Å². The van der Waals surface area contributed by atoms with Crippen LogP contribution in [0.25, 0.3) is 0 Å². The lowest BCUT2D eigenvalue weighted by Crippen LogP contribution is -2.55. The normalized spacial score (nSPS) is 32.4. The SMILES string of the molecule is CCOC1CC2(C1)C[C@@H](N)c1ccc(OC)cc1O2. The smallest absolute Gasteiger partial charge is 0.128 e. The summed E-state index contributed by atoms with van der Waals surface area (Å²) in [5.74, 6) is 1.68. The maximum atomic E-state index is 6.28. The number of fused-ring (bicyclic) bond motifs is 1. The Bertz CT molecular complexity index is 468. The summed E-state index contributed by atoms with van der Waals surface area (Å²) in [6.07, 6.45) is 3.07. The predicted molar refractivity (Wildman–Crippen MR) is 72.5 cm³/mol. The Balaban J connectivity index is 1.80. The molecule has 3 rings (SSSR count). The predicted octanol–water partition coefficient (Wildman–Crippen LogP) is 2.42. The summed E-state index contributed by atoms with van der Waals surface area (Å²) in [6, 6.07) is 5.91. The van der Waals surface area contributed by atoms with Gasteiger partial charge in [0, 0.05) is 43.5 Å². The summed E-state index contributed by atoms with van der Waals surface area (Å²) < 4.78 is 17.1. The maximum absolute atomic E-state index is 6.28. The van der Waals surface area contributed by atoms with Crippen molar-refractivity contribution in [3.63, 3.8) is 0 Å². The topological polar surface area (TPSA) is 53.7 Å². The largest absolute Gasteiger partial charge is 0.497 e. The number of ether oxygens (including phenoxy) is 3. The second-order valence-electron chi connectivity index (χ2n) is 5.49. The van der Waals surface area contributed by atoms with Crippen LogP contribution in [-0.4, -0.2) is 25.4 Å². The van der Waals surface area contributed by atoms with Crippen LogP contribution < -0.4 is 15.2 Å². The molecule has 2 aliphatic rings. The number of nitrogens with two attached hydrogens (primary N) is 1. The van der Waals surface area contributed by atoms with Gasteiger partial charge in [0.15, 0.2) is 0 Å². The molecule has 1 spiro atoms. The zero-order valence-corrected chi connectivity index (χ0v) is 11.5. The van der Waals surface area contributed by atoms with Crippen LogP contribution in [0.4, 0.5) is 0 Å². The molecule has 0 saturated heterocycles. The van der Waals surface area contributed by atoms with Crippen LogP contribution in [0.15, 0.2) is 18.2 Å². The molecule has 0 radical (unpaired) electrons. The molecule has 1 aromatic rings. The van der Waals surface area contributed by atoms with Gasteiger partial charge in [0.05, 0.1) is 13.2 Å². The molecule has 1 aliphatic heterocycles. The summed E-state index contributed by atoms with van der Waals surface area (Å²) in [4.78, 5) is 0. The first-order chi connectivity index (χ1) is 9.15. The highest BCUT2D eigenvalue weighted by molar-refractivity contribution is 5.45. The maximum Gasteiger partial charge on any atom is 0.128 e. The third kappa shape index (κ3) is 2.19. The van der Waals surface area contributed by atoms with Crippen molar-refractivity contribution in [3.8, 4) is 11.5 Å². The van der Waals surface area contributed by atoms with Crippen molar-refractivity contribution in [2.45, 2.75) is 43.9 Å². The van der Waals surface area contributed by atoms with Gasteiger partial charge in [0.25, 0.3) is 0 Å². The van der Waals surface area contributed by atoms with Crippen LogP contribution in [-0.2, 0) is 4.74 Å². The summed E-state index contributed by atoms with van der Waals surface area (Å²) >= 11 is 0. The average molecular weight is 263 g/mol. The Labute approximate surface area is 113 Å². The van der Waals surface area contributed by atoms with E-state index in [1.807, 2.05) is 25.1 Å². The molecule has 1 heterocycles. The van der Waals surface area contributed by atoms with Gasteiger partial charge in [0.1, 0.15) is 17.1 Å². The van der Waals surface area contributed by atoms with Gasteiger partial charge in [0.2, 0.25) is 0 Å². The number of methoxy groups -OCH3 is 1. The average Bonchev–Trinajstić information content (AvgIpc) is 2.36. The molecule has 0 bridgehead atoms. The van der Waals surface area contributed by atoms with Crippen LogP contribution in [0.1, 0.15) is 37.8 Å². The zero-order valence-electron chi connectivity index (χ0n) is 11.5. The molecule has 1 aromatic carbocycles. The number of hydrogen-bond acceptors (Lipinski definition) is 4. The minimum atomic E-state index is -0.126. The minimum absolute atomic E-state index is 0.0391. The molecule has 1 fully saturated rings. The van der Waals surface area contributed by atoms with Crippen LogP contribution in [0, 0.1) is 0 Å². The Hall–Kier alpha value is -1.26. The van der Waals surface area contributed by atoms with Gasteiger partial charge in [-0.1, -0.05) is 6.07 Å². The van der Waals surface area contributed by atoms with Crippen molar-refractivity contribution in [1.29, 1.82) is 0 Å². The van der Waals surface area contributed by atoms with E-state index in [0.29, 0.717) is 6.10 Å².